The fourth-order valence-corrected chi connectivity index (χ4v) is 5.00. The maximum atomic E-state index is 5.28. The van der Waals surface area contributed by atoms with Crippen molar-refractivity contribution in [1.82, 2.24) is 9.97 Å². The Bertz CT molecular complexity index is 955. The van der Waals surface area contributed by atoms with Crippen molar-refractivity contribution in [2.75, 3.05) is 14.2 Å². The second kappa shape index (κ2) is 7.60. The van der Waals surface area contributed by atoms with E-state index in [9.17, 15) is 0 Å². The van der Waals surface area contributed by atoms with E-state index >= 15 is 0 Å². The highest BCUT2D eigenvalue weighted by atomic mass is 32.1. The highest BCUT2D eigenvalue weighted by Gasteiger charge is 2.07. The molecule has 0 fully saturated rings. The van der Waals surface area contributed by atoms with Crippen LogP contribution in [-0.2, 0) is 12.8 Å². The molecule has 0 unspecified atom stereocenters. The number of rotatable bonds is 7. The van der Waals surface area contributed by atoms with Crippen molar-refractivity contribution >= 4 is 43.1 Å². The third-order valence-corrected chi connectivity index (χ3v) is 6.47. The van der Waals surface area contributed by atoms with Crippen molar-refractivity contribution in [3.05, 3.63) is 46.4 Å². The van der Waals surface area contributed by atoms with Gasteiger partial charge in [-0.05, 0) is 62.1 Å². The molecule has 0 bridgehead atoms. The lowest BCUT2D eigenvalue weighted by Crippen LogP contribution is -1.88. The summed E-state index contributed by atoms with van der Waals surface area (Å²) in [7, 11) is 3.39. The molecule has 0 aliphatic rings. The smallest absolute Gasteiger partial charge is 0.120 e. The first-order chi connectivity index (χ1) is 12.7. The van der Waals surface area contributed by atoms with Crippen molar-refractivity contribution in [3.63, 3.8) is 0 Å². The van der Waals surface area contributed by atoms with Crippen LogP contribution in [0.15, 0.2) is 36.4 Å². The van der Waals surface area contributed by atoms with E-state index in [2.05, 4.69) is 12.1 Å². The number of unbranched alkanes of at least 4 members (excludes halogenated alkanes) is 1. The van der Waals surface area contributed by atoms with Gasteiger partial charge in [0.2, 0.25) is 0 Å². The lowest BCUT2D eigenvalue weighted by atomic mass is 10.2. The minimum absolute atomic E-state index is 0.889. The van der Waals surface area contributed by atoms with Crippen molar-refractivity contribution in [2.45, 2.75) is 25.7 Å². The van der Waals surface area contributed by atoms with E-state index in [1.807, 2.05) is 24.3 Å². The Morgan fingerprint density at radius 1 is 0.731 bits per heavy atom. The molecular weight excluding hydrogens is 364 g/mol. The first-order valence-corrected chi connectivity index (χ1v) is 10.3. The maximum Gasteiger partial charge on any atom is 0.120 e. The third kappa shape index (κ3) is 3.66. The molecule has 4 aromatic rings. The average molecular weight is 385 g/mol. The largest absolute Gasteiger partial charge is 0.497 e. The monoisotopic (exact) mass is 384 g/mol. The summed E-state index contributed by atoms with van der Waals surface area (Å²) in [5.41, 5.74) is 2.12. The zero-order chi connectivity index (χ0) is 17.9. The molecule has 0 spiro atoms. The summed E-state index contributed by atoms with van der Waals surface area (Å²) >= 11 is 3.53. The normalized spacial score (nSPS) is 11.3. The van der Waals surface area contributed by atoms with Crippen LogP contribution in [0.1, 0.15) is 22.9 Å². The highest BCUT2D eigenvalue weighted by molar-refractivity contribution is 7.18. The molecule has 0 aliphatic carbocycles. The van der Waals surface area contributed by atoms with Gasteiger partial charge >= 0.3 is 0 Å². The van der Waals surface area contributed by atoms with E-state index < -0.39 is 0 Å². The zero-order valence-corrected chi connectivity index (χ0v) is 16.5. The molecule has 4 nitrogen and oxygen atoms in total. The number of nitrogens with zero attached hydrogens (tertiary/aromatic N) is 2. The van der Waals surface area contributed by atoms with Crippen LogP contribution in [0, 0.1) is 0 Å². The molecule has 0 aliphatic heterocycles. The summed E-state index contributed by atoms with van der Waals surface area (Å²) in [6.07, 6.45) is 4.27. The van der Waals surface area contributed by atoms with Crippen molar-refractivity contribution in [3.8, 4) is 11.5 Å². The van der Waals surface area contributed by atoms with Crippen LogP contribution in [0.25, 0.3) is 20.4 Å². The van der Waals surface area contributed by atoms with Gasteiger partial charge in [-0.15, -0.1) is 22.7 Å². The van der Waals surface area contributed by atoms with Crippen molar-refractivity contribution < 1.29 is 9.47 Å². The summed E-state index contributed by atoms with van der Waals surface area (Å²) in [6.45, 7) is 0. The SMILES string of the molecule is COc1ccc2nc(CCCCc3nc4ccc(OC)cc4s3)sc2c1. The summed E-state index contributed by atoms with van der Waals surface area (Å²) in [5.74, 6) is 1.78. The van der Waals surface area contributed by atoms with E-state index in [0.29, 0.717) is 0 Å². The molecule has 4 rings (SSSR count). The molecule has 0 saturated carbocycles. The average Bonchev–Trinajstić information content (AvgIpc) is 3.26. The number of hydrogen-bond donors (Lipinski definition) is 0. The number of aromatic nitrogens is 2. The molecule has 0 atom stereocenters. The Morgan fingerprint density at radius 3 is 1.62 bits per heavy atom. The molecule has 2 aromatic heterocycles. The first kappa shape index (κ1) is 17.2. The van der Waals surface area contributed by atoms with Gasteiger partial charge in [0, 0.05) is 0 Å². The minimum Gasteiger partial charge on any atom is -0.497 e. The van der Waals surface area contributed by atoms with Crippen LogP contribution in [0.4, 0.5) is 0 Å². The van der Waals surface area contributed by atoms with Gasteiger partial charge in [0.05, 0.1) is 44.7 Å². The van der Waals surface area contributed by atoms with Crippen LogP contribution in [0.5, 0.6) is 11.5 Å². The van der Waals surface area contributed by atoms with Gasteiger partial charge in [0.15, 0.2) is 0 Å². The van der Waals surface area contributed by atoms with Crippen LogP contribution in [0.2, 0.25) is 0 Å². The molecule has 0 N–H and O–H groups in total. The van der Waals surface area contributed by atoms with Gasteiger partial charge in [-0.2, -0.15) is 0 Å². The highest BCUT2D eigenvalue weighted by Crippen LogP contribution is 2.29. The van der Waals surface area contributed by atoms with Gasteiger partial charge in [0.1, 0.15) is 11.5 Å². The summed E-state index contributed by atoms with van der Waals surface area (Å²) < 4.78 is 13.0. The molecule has 0 amide bonds. The second-order valence-corrected chi connectivity index (χ2v) is 8.32. The molecule has 26 heavy (non-hydrogen) atoms. The minimum atomic E-state index is 0.889. The van der Waals surface area contributed by atoms with E-state index in [-0.39, 0.29) is 0 Å². The Kier molecular flexibility index (Phi) is 5.04. The molecule has 2 aromatic carbocycles. The Hall–Kier alpha value is -2.18. The van der Waals surface area contributed by atoms with Crippen molar-refractivity contribution in [1.29, 1.82) is 0 Å². The fourth-order valence-electron chi connectivity index (χ4n) is 2.93. The Labute approximate surface area is 160 Å². The predicted octanol–water partition coefficient (Wildman–Crippen LogP) is 5.49. The number of aryl methyl sites for hydroxylation is 2. The van der Waals surface area contributed by atoms with Gasteiger partial charge < -0.3 is 9.47 Å². The fraction of sp³-hybridized carbons (Fsp3) is 0.300. The zero-order valence-electron chi connectivity index (χ0n) is 14.8. The predicted molar refractivity (Wildman–Crippen MR) is 109 cm³/mol. The molecule has 0 radical (unpaired) electrons. The number of ether oxygens (including phenoxy) is 2. The quantitative estimate of drug-likeness (QED) is 0.395. The van der Waals surface area contributed by atoms with E-state index in [1.54, 1.807) is 36.9 Å². The molecule has 134 valence electrons. The van der Waals surface area contributed by atoms with Crippen molar-refractivity contribution in [2.24, 2.45) is 0 Å². The topological polar surface area (TPSA) is 44.2 Å². The maximum absolute atomic E-state index is 5.28. The molecule has 6 heteroatoms. The standard InChI is InChI=1S/C20H20N2O2S2/c1-23-13-7-9-15-17(11-13)25-19(21-15)5-3-4-6-20-22-16-10-8-14(24-2)12-18(16)26-20/h7-12H,3-6H2,1-2H3. The lowest BCUT2D eigenvalue weighted by molar-refractivity contribution is 0.415. The van der Waals surface area contributed by atoms with Gasteiger partial charge in [-0.3, -0.25) is 0 Å². The van der Waals surface area contributed by atoms with Gasteiger partial charge in [-0.1, -0.05) is 0 Å². The lowest BCUT2D eigenvalue weighted by Gasteiger charge is -1.96. The Morgan fingerprint density at radius 2 is 1.19 bits per heavy atom. The van der Waals surface area contributed by atoms with Crippen LogP contribution in [0.3, 0.4) is 0 Å². The third-order valence-electron chi connectivity index (χ3n) is 4.31. The molecule has 2 heterocycles. The number of hydrogen-bond acceptors (Lipinski definition) is 6. The van der Waals surface area contributed by atoms with E-state index in [1.165, 1.54) is 19.4 Å². The van der Waals surface area contributed by atoms with Gasteiger partial charge in [0.25, 0.3) is 0 Å². The van der Waals surface area contributed by atoms with Gasteiger partial charge in [-0.25, -0.2) is 9.97 Å². The van der Waals surface area contributed by atoms with E-state index in [4.69, 9.17) is 19.4 Å². The number of methoxy groups -OCH3 is 2. The Balaban J connectivity index is 1.35. The van der Waals surface area contributed by atoms with Crippen LogP contribution in [-0.4, -0.2) is 24.2 Å². The first-order valence-electron chi connectivity index (χ1n) is 8.62. The number of benzene rings is 2. The molecule has 0 saturated heterocycles. The van der Waals surface area contributed by atoms with E-state index in [0.717, 1.165) is 48.2 Å². The second-order valence-electron chi connectivity index (χ2n) is 6.09. The summed E-state index contributed by atoms with van der Waals surface area (Å²) in [5, 5.41) is 2.39. The molecular formula is C20H20N2O2S2. The number of fused-ring (bicyclic) bond motifs is 2. The van der Waals surface area contributed by atoms with Crippen LogP contribution >= 0.6 is 22.7 Å². The van der Waals surface area contributed by atoms with Crippen LogP contribution < -0.4 is 9.47 Å². The summed E-state index contributed by atoms with van der Waals surface area (Å²) in [4.78, 5) is 9.45. The number of thiazole rings is 2. The summed E-state index contributed by atoms with van der Waals surface area (Å²) in [6, 6.07) is 12.1.